The fourth-order valence-electron chi connectivity index (χ4n) is 2.88. The quantitative estimate of drug-likeness (QED) is 0.588. The van der Waals surface area contributed by atoms with E-state index < -0.39 is 0 Å². The van der Waals surface area contributed by atoms with Gasteiger partial charge in [-0.15, -0.1) is 0 Å². The second-order valence-corrected chi connectivity index (χ2v) is 6.34. The van der Waals surface area contributed by atoms with Crippen molar-refractivity contribution in [2.24, 2.45) is 0 Å². The van der Waals surface area contributed by atoms with Gasteiger partial charge in [-0.1, -0.05) is 23.4 Å². The molecule has 6 nitrogen and oxygen atoms in total. The maximum Gasteiger partial charge on any atom is 0.223 e. The molecule has 0 aliphatic rings. The van der Waals surface area contributed by atoms with Gasteiger partial charge in [-0.3, -0.25) is 4.98 Å². The molecule has 0 aliphatic heterocycles. The molecule has 1 atom stereocenters. The molecule has 0 bridgehead atoms. The summed E-state index contributed by atoms with van der Waals surface area (Å²) in [5.74, 6) is 1.75. The van der Waals surface area contributed by atoms with E-state index in [0.717, 1.165) is 27.7 Å². The molecular weight excluding hydrogens is 326 g/mol. The van der Waals surface area contributed by atoms with Crippen LogP contribution in [0.3, 0.4) is 0 Å². The highest BCUT2D eigenvalue weighted by Crippen LogP contribution is 2.30. The Morgan fingerprint density at radius 1 is 1.04 bits per heavy atom. The van der Waals surface area contributed by atoms with Gasteiger partial charge in [0, 0.05) is 18.5 Å². The Bertz CT molecular complexity index is 1060. The van der Waals surface area contributed by atoms with Crippen LogP contribution in [0.25, 0.3) is 22.3 Å². The van der Waals surface area contributed by atoms with Crippen molar-refractivity contribution in [1.82, 2.24) is 20.1 Å². The normalized spacial score (nSPS) is 12.3. The lowest BCUT2D eigenvalue weighted by atomic mass is 10.1. The molecule has 1 N–H and O–H groups in total. The molecule has 0 spiro atoms. The Morgan fingerprint density at radius 2 is 1.92 bits per heavy atom. The summed E-state index contributed by atoms with van der Waals surface area (Å²) in [4.78, 5) is 13.6. The zero-order valence-corrected chi connectivity index (χ0v) is 14.9. The number of aromatic nitrogens is 4. The van der Waals surface area contributed by atoms with E-state index in [1.165, 1.54) is 0 Å². The maximum absolute atomic E-state index is 5.17. The van der Waals surface area contributed by atoms with Gasteiger partial charge < -0.3 is 9.84 Å². The molecule has 0 unspecified atom stereocenters. The monoisotopic (exact) mass is 345 g/mol. The van der Waals surface area contributed by atoms with E-state index in [1.54, 1.807) is 13.1 Å². The molecule has 0 radical (unpaired) electrons. The van der Waals surface area contributed by atoms with Crippen molar-refractivity contribution in [3.63, 3.8) is 0 Å². The Kier molecular flexibility index (Phi) is 4.08. The van der Waals surface area contributed by atoms with Gasteiger partial charge in [-0.05, 0) is 43.7 Å². The van der Waals surface area contributed by atoms with E-state index in [4.69, 9.17) is 9.51 Å². The minimum Gasteiger partial charge on any atom is -0.361 e. The van der Waals surface area contributed by atoms with E-state index in [-0.39, 0.29) is 6.04 Å². The summed E-state index contributed by atoms with van der Waals surface area (Å²) >= 11 is 0. The molecule has 0 saturated heterocycles. The van der Waals surface area contributed by atoms with Crippen molar-refractivity contribution < 1.29 is 4.52 Å². The Labute approximate surface area is 151 Å². The molecule has 26 heavy (non-hydrogen) atoms. The van der Waals surface area contributed by atoms with Gasteiger partial charge in [0.1, 0.15) is 5.82 Å². The van der Waals surface area contributed by atoms with Crippen LogP contribution in [0.1, 0.15) is 30.1 Å². The summed E-state index contributed by atoms with van der Waals surface area (Å²) in [6, 6.07) is 14.1. The number of benzene rings is 1. The van der Waals surface area contributed by atoms with E-state index in [0.29, 0.717) is 17.5 Å². The standard InChI is InChI=1S/C20H19N5O/c1-12-7-8-15-11-16(20-23-14(3)26-25-20)19(24-18(15)10-12)22-13(2)17-6-4-5-9-21-17/h4-11,13H,1-3H3,(H,22,24)/t13-/m0/s1. The molecule has 3 aromatic heterocycles. The topological polar surface area (TPSA) is 76.7 Å². The summed E-state index contributed by atoms with van der Waals surface area (Å²) in [6.45, 7) is 5.88. The predicted octanol–water partition coefficient (Wildman–Crippen LogP) is 4.47. The first-order chi connectivity index (χ1) is 12.6. The van der Waals surface area contributed by atoms with Crippen LogP contribution >= 0.6 is 0 Å². The number of hydrogen-bond acceptors (Lipinski definition) is 6. The fraction of sp³-hybridized carbons (Fsp3) is 0.200. The number of nitrogens with one attached hydrogen (secondary N) is 1. The number of rotatable bonds is 4. The molecule has 0 saturated carbocycles. The number of aryl methyl sites for hydroxylation is 2. The molecule has 6 heteroatoms. The maximum atomic E-state index is 5.17. The fourth-order valence-corrected chi connectivity index (χ4v) is 2.88. The zero-order valence-electron chi connectivity index (χ0n) is 14.9. The molecule has 4 aromatic rings. The minimum atomic E-state index is -0.0160. The SMILES string of the molecule is Cc1ccc2cc(-c3noc(C)n3)c(N[C@@H](C)c3ccccn3)nc2c1. The van der Waals surface area contributed by atoms with Gasteiger partial charge in [0.25, 0.3) is 0 Å². The molecule has 0 fully saturated rings. The van der Waals surface area contributed by atoms with Crippen molar-refractivity contribution >= 4 is 16.7 Å². The van der Waals surface area contributed by atoms with Gasteiger partial charge in [0.2, 0.25) is 11.7 Å². The third-order valence-electron chi connectivity index (χ3n) is 4.23. The van der Waals surface area contributed by atoms with E-state index >= 15 is 0 Å². The Hall–Kier alpha value is -3.28. The van der Waals surface area contributed by atoms with Crippen molar-refractivity contribution in [3.8, 4) is 11.4 Å². The molecule has 0 amide bonds. The molecule has 1 aromatic carbocycles. The number of fused-ring (bicyclic) bond motifs is 1. The summed E-state index contributed by atoms with van der Waals surface area (Å²) in [5, 5.41) is 8.55. The van der Waals surface area contributed by atoms with Crippen LogP contribution in [0.4, 0.5) is 5.82 Å². The van der Waals surface area contributed by atoms with Gasteiger partial charge in [-0.25, -0.2) is 4.98 Å². The lowest BCUT2D eigenvalue weighted by Gasteiger charge is -2.16. The van der Waals surface area contributed by atoms with Crippen molar-refractivity contribution in [1.29, 1.82) is 0 Å². The highest BCUT2D eigenvalue weighted by atomic mass is 16.5. The zero-order chi connectivity index (χ0) is 18.1. The first-order valence-corrected chi connectivity index (χ1v) is 8.50. The first-order valence-electron chi connectivity index (χ1n) is 8.50. The second-order valence-electron chi connectivity index (χ2n) is 6.34. The highest BCUT2D eigenvalue weighted by Gasteiger charge is 2.17. The van der Waals surface area contributed by atoms with Crippen LogP contribution in [0, 0.1) is 13.8 Å². The number of pyridine rings is 2. The first kappa shape index (κ1) is 16.2. The Morgan fingerprint density at radius 3 is 2.65 bits per heavy atom. The molecule has 130 valence electrons. The summed E-state index contributed by atoms with van der Waals surface area (Å²) < 4.78 is 5.17. The molecular formula is C20H19N5O. The average Bonchev–Trinajstić information content (AvgIpc) is 3.08. The summed E-state index contributed by atoms with van der Waals surface area (Å²) in [7, 11) is 0. The predicted molar refractivity (Wildman–Crippen MR) is 101 cm³/mol. The van der Waals surface area contributed by atoms with Gasteiger partial charge >= 0.3 is 0 Å². The van der Waals surface area contributed by atoms with Crippen LogP contribution in [0.15, 0.2) is 53.2 Å². The second kappa shape index (κ2) is 6.55. The summed E-state index contributed by atoms with van der Waals surface area (Å²) in [6.07, 6.45) is 1.79. The van der Waals surface area contributed by atoms with Crippen LogP contribution in [-0.4, -0.2) is 20.1 Å². The van der Waals surface area contributed by atoms with Crippen molar-refractivity contribution in [3.05, 3.63) is 65.8 Å². The number of nitrogens with zero attached hydrogens (tertiary/aromatic N) is 4. The van der Waals surface area contributed by atoms with E-state index in [9.17, 15) is 0 Å². The lowest BCUT2D eigenvalue weighted by Crippen LogP contribution is -2.10. The van der Waals surface area contributed by atoms with Crippen LogP contribution < -0.4 is 5.32 Å². The largest absolute Gasteiger partial charge is 0.361 e. The molecule has 4 rings (SSSR count). The van der Waals surface area contributed by atoms with Gasteiger partial charge in [0.15, 0.2) is 0 Å². The summed E-state index contributed by atoms with van der Waals surface area (Å²) in [5.41, 5.74) is 3.83. The highest BCUT2D eigenvalue weighted by molar-refractivity contribution is 5.88. The molecule has 3 heterocycles. The van der Waals surface area contributed by atoms with Crippen LogP contribution in [0.2, 0.25) is 0 Å². The number of anilines is 1. The van der Waals surface area contributed by atoms with Gasteiger partial charge in [0.05, 0.1) is 22.8 Å². The smallest absolute Gasteiger partial charge is 0.223 e. The number of hydrogen-bond donors (Lipinski definition) is 1. The third-order valence-corrected chi connectivity index (χ3v) is 4.23. The van der Waals surface area contributed by atoms with Crippen LogP contribution in [0.5, 0.6) is 0 Å². The van der Waals surface area contributed by atoms with Crippen molar-refractivity contribution in [2.45, 2.75) is 26.8 Å². The average molecular weight is 345 g/mol. The van der Waals surface area contributed by atoms with E-state index in [1.807, 2.05) is 24.3 Å². The third kappa shape index (κ3) is 3.13. The van der Waals surface area contributed by atoms with Gasteiger partial charge in [-0.2, -0.15) is 4.98 Å². The van der Waals surface area contributed by atoms with Crippen LogP contribution in [-0.2, 0) is 0 Å². The van der Waals surface area contributed by atoms with E-state index in [2.05, 4.69) is 52.5 Å². The lowest BCUT2D eigenvalue weighted by molar-refractivity contribution is 0.394. The van der Waals surface area contributed by atoms with Crippen molar-refractivity contribution in [2.75, 3.05) is 5.32 Å². The Balaban J connectivity index is 1.82. The molecule has 0 aliphatic carbocycles. The minimum absolute atomic E-state index is 0.0160.